The molecule has 4 rings (SSSR count). The first kappa shape index (κ1) is 21.6. The van der Waals surface area contributed by atoms with Gasteiger partial charge in [0.05, 0.1) is 12.2 Å². The number of carbonyl (C=O) groups excluding carboxylic acids is 1. The van der Waals surface area contributed by atoms with Crippen LogP contribution < -0.4 is 10.4 Å². The van der Waals surface area contributed by atoms with Crippen LogP contribution in [0.25, 0.3) is 11.0 Å². The van der Waals surface area contributed by atoms with Gasteiger partial charge in [0, 0.05) is 35.8 Å². The molecular weight excluding hydrogens is 414 g/mol. The number of benzene rings is 1. The second-order valence-electron chi connectivity index (χ2n) is 7.84. The van der Waals surface area contributed by atoms with E-state index in [9.17, 15) is 9.59 Å². The van der Waals surface area contributed by atoms with Crippen molar-refractivity contribution in [2.75, 3.05) is 19.9 Å². The van der Waals surface area contributed by atoms with Crippen molar-refractivity contribution in [1.82, 2.24) is 4.90 Å². The Morgan fingerprint density at radius 2 is 2.16 bits per heavy atom. The van der Waals surface area contributed by atoms with Gasteiger partial charge in [-0.2, -0.15) is 0 Å². The number of fused-ring (bicyclic) bond motifs is 3. The van der Waals surface area contributed by atoms with Crippen LogP contribution in [0.4, 0.5) is 0 Å². The van der Waals surface area contributed by atoms with Crippen molar-refractivity contribution in [3.05, 3.63) is 61.6 Å². The minimum atomic E-state index is -0.362. The Morgan fingerprint density at radius 3 is 2.94 bits per heavy atom. The quantitative estimate of drug-likeness (QED) is 0.380. The maximum atomic E-state index is 12.1. The van der Waals surface area contributed by atoms with Crippen molar-refractivity contribution in [2.24, 2.45) is 0 Å². The molecule has 0 radical (unpaired) electrons. The fraction of sp³-hybridized carbons (Fsp3) is 0.417. The fourth-order valence-electron chi connectivity index (χ4n) is 3.88. The highest BCUT2D eigenvalue weighted by atomic mass is 32.1. The van der Waals surface area contributed by atoms with Crippen LogP contribution in [0.1, 0.15) is 41.3 Å². The predicted molar refractivity (Wildman–Crippen MR) is 121 cm³/mol. The van der Waals surface area contributed by atoms with Crippen LogP contribution in [0.3, 0.4) is 0 Å². The summed E-state index contributed by atoms with van der Waals surface area (Å²) >= 11 is 1.75. The SMILES string of the molecule is CCCOC(=O)CCc1cc2c(C)cc(=O)oc2c2c1OCN(CCc1cccs1)C2. The molecule has 3 heterocycles. The third kappa shape index (κ3) is 4.99. The molecule has 3 aromatic rings. The molecule has 2 aromatic heterocycles. The Balaban J connectivity index is 1.62. The van der Waals surface area contributed by atoms with Crippen molar-refractivity contribution in [2.45, 2.75) is 46.1 Å². The van der Waals surface area contributed by atoms with Crippen LogP contribution in [0.5, 0.6) is 5.75 Å². The van der Waals surface area contributed by atoms with Crippen molar-refractivity contribution in [3.8, 4) is 5.75 Å². The Bertz CT molecular complexity index is 1120. The lowest BCUT2D eigenvalue weighted by Gasteiger charge is -2.30. The molecule has 0 spiro atoms. The molecule has 1 aliphatic heterocycles. The number of hydrogen-bond acceptors (Lipinski definition) is 7. The Hall–Kier alpha value is -2.64. The molecule has 31 heavy (non-hydrogen) atoms. The van der Waals surface area contributed by atoms with Crippen LogP contribution in [-0.4, -0.2) is 30.8 Å². The highest BCUT2D eigenvalue weighted by molar-refractivity contribution is 7.09. The number of ether oxygens (including phenoxy) is 2. The highest BCUT2D eigenvalue weighted by Crippen LogP contribution is 2.37. The third-order valence-corrected chi connectivity index (χ3v) is 6.39. The van der Waals surface area contributed by atoms with E-state index in [0.717, 1.165) is 47.2 Å². The molecule has 7 heteroatoms. The van der Waals surface area contributed by atoms with E-state index in [1.165, 1.54) is 10.9 Å². The fourth-order valence-corrected chi connectivity index (χ4v) is 4.58. The topological polar surface area (TPSA) is 69.0 Å². The summed E-state index contributed by atoms with van der Waals surface area (Å²) in [6, 6.07) is 7.69. The first-order valence-corrected chi connectivity index (χ1v) is 11.6. The second kappa shape index (κ2) is 9.66. The zero-order chi connectivity index (χ0) is 21.8. The largest absolute Gasteiger partial charge is 0.477 e. The number of aryl methyl sites for hydroxylation is 2. The zero-order valence-electron chi connectivity index (χ0n) is 17.9. The maximum absolute atomic E-state index is 12.1. The van der Waals surface area contributed by atoms with Crippen LogP contribution in [0, 0.1) is 6.92 Å². The standard InChI is InChI=1S/C24H27NO5S/c1-3-10-28-21(26)7-6-17-13-19-16(2)12-22(27)30-24(19)20-14-25(15-29-23(17)20)9-8-18-5-4-11-31-18/h4-5,11-13H,3,6-10,14-15H2,1-2H3. The average Bonchev–Trinajstić information content (AvgIpc) is 3.28. The number of esters is 1. The molecule has 0 atom stereocenters. The van der Waals surface area contributed by atoms with E-state index < -0.39 is 0 Å². The molecule has 0 N–H and O–H groups in total. The van der Waals surface area contributed by atoms with Gasteiger partial charge < -0.3 is 13.9 Å². The van der Waals surface area contributed by atoms with Gasteiger partial charge in [0.1, 0.15) is 18.1 Å². The van der Waals surface area contributed by atoms with E-state index in [4.69, 9.17) is 13.9 Å². The summed E-state index contributed by atoms with van der Waals surface area (Å²) in [5.74, 6) is 0.525. The normalized spacial score (nSPS) is 13.7. The summed E-state index contributed by atoms with van der Waals surface area (Å²) < 4.78 is 17.0. The Morgan fingerprint density at radius 1 is 1.29 bits per heavy atom. The average molecular weight is 442 g/mol. The lowest BCUT2D eigenvalue weighted by molar-refractivity contribution is -0.143. The van der Waals surface area contributed by atoms with Crippen molar-refractivity contribution in [3.63, 3.8) is 0 Å². The number of hydrogen-bond donors (Lipinski definition) is 0. The van der Waals surface area contributed by atoms with E-state index in [0.29, 0.717) is 38.3 Å². The van der Waals surface area contributed by atoms with Crippen molar-refractivity contribution < 1.29 is 18.7 Å². The molecule has 164 valence electrons. The van der Waals surface area contributed by atoms with Crippen LogP contribution in [0.15, 0.2) is 38.9 Å². The summed E-state index contributed by atoms with van der Waals surface area (Å²) in [6.45, 7) is 6.27. The Kier molecular flexibility index (Phi) is 6.73. The number of carbonyl (C=O) groups is 1. The molecular formula is C24H27NO5S. The zero-order valence-corrected chi connectivity index (χ0v) is 18.8. The number of thiophene rings is 1. The van der Waals surface area contributed by atoms with Crippen molar-refractivity contribution in [1.29, 1.82) is 0 Å². The Labute approximate surface area is 185 Å². The van der Waals surface area contributed by atoms with Gasteiger partial charge in [0.2, 0.25) is 0 Å². The molecule has 1 aromatic carbocycles. The van der Waals surface area contributed by atoms with Gasteiger partial charge >= 0.3 is 11.6 Å². The van der Waals surface area contributed by atoms with Gasteiger partial charge in [-0.15, -0.1) is 11.3 Å². The molecule has 0 saturated carbocycles. The van der Waals surface area contributed by atoms with E-state index in [1.807, 2.05) is 19.9 Å². The summed E-state index contributed by atoms with van der Waals surface area (Å²) in [7, 11) is 0. The van der Waals surface area contributed by atoms with Gasteiger partial charge in [-0.05, 0) is 54.8 Å². The lowest BCUT2D eigenvalue weighted by Crippen LogP contribution is -2.34. The molecule has 0 fully saturated rings. The monoisotopic (exact) mass is 441 g/mol. The second-order valence-corrected chi connectivity index (χ2v) is 8.88. The molecule has 0 amide bonds. The van der Waals surface area contributed by atoms with E-state index >= 15 is 0 Å². The van der Waals surface area contributed by atoms with Crippen LogP contribution in [-0.2, 0) is 28.9 Å². The van der Waals surface area contributed by atoms with Gasteiger partial charge in [0.25, 0.3) is 0 Å². The summed E-state index contributed by atoms with van der Waals surface area (Å²) in [6.07, 6.45) is 2.56. The van der Waals surface area contributed by atoms with E-state index in [-0.39, 0.29) is 11.6 Å². The molecule has 6 nitrogen and oxygen atoms in total. The molecule has 0 aliphatic carbocycles. The van der Waals surface area contributed by atoms with Crippen molar-refractivity contribution >= 4 is 28.3 Å². The minimum absolute atomic E-state index is 0.208. The number of nitrogens with zero attached hydrogens (tertiary/aromatic N) is 1. The first-order valence-electron chi connectivity index (χ1n) is 10.7. The molecule has 0 saturated heterocycles. The smallest absolute Gasteiger partial charge is 0.336 e. The van der Waals surface area contributed by atoms with E-state index in [2.05, 4.69) is 22.4 Å². The minimum Gasteiger partial charge on any atom is -0.477 e. The van der Waals surface area contributed by atoms with Gasteiger partial charge in [-0.3, -0.25) is 9.69 Å². The van der Waals surface area contributed by atoms with Gasteiger partial charge in [-0.25, -0.2) is 4.79 Å². The van der Waals surface area contributed by atoms with Crippen LogP contribution in [0.2, 0.25) is 0 Å². The predicted octanol–water partition coefficient (Wildman–Crippen LogP) is 4.44. The molecule has 0 unspecified atom stereocenters. The maximum Gasteiger partial charge on any atom is 0.336 e. The summed E-state index contributed by atoms with van der Waals surface area (Å²) in [4.78, 5) is 27.7. The first-order chi connectivity index (χ1) is 15.0. The molecule has 0 bridgehead atoms. The van der Waals surface area contributed by atoms with E-state index in [1.54, 1.807) is 11.3 Å². The number of rotatable bonds is 8. The summed E-state index contributed by atoms with van der Waals surface area (Å²) in [5, 5.41) is 2.97. The molecule has 1 aliphatic rings. The van der Waals surface area contributed by atoms with Crippen LogP contribution >= 0.6 is 11.3 Å². The highest BCUT2D eigenvalue weighted by Gasteiger charge is 2.25. The van der Waals surface area contributed by atoms with Gasteiger partial charge in [-0.1, -0.05) is 13.0 Å². The third-order valence-electron chi connectivity index (χ3n) is 5.46. The van der Waals surface area contributed by atoms with Gasteiger partial charge in [0.15, 0.2) is 0 Å². The summed E-state index contributed by atoms with van der Waals surface area (Å²) in [5.41, 5.74) is 2.91. The lowest BCUT2D eigenvalue weighted by atomic mass is 9.97.